The Morgan fingerprint density at radius 1 is 1.03 bits per heavy atom. The van der Waals surface area contributed by atoms with Crippen LogP contribution < -0.4 is 0 Å². The Kier molecular flexibility index (Phi) is 6.11. The summed E-state index contributed by atoms with van der Waals surface area (Å²) < 4.78 is 1.97. The summed E-state index contributed by atoms with van der Waals surface area (Å²) in [5.41, 5.74) is 4.83. The van der Waals surface area contributed by atoms with Crippen LogP contribution >= 0.6 is 11.3 Å². The number of ketones is 1. The zero-order valence-electron chi connectivity index (χ0n) is 16.9. The van der Waals surface area contributed by atoms with E-state index in [9.17, 15) is 20.1 Å². The first-order valence-electron chi connectivity index (χ1n) is 9.78. The number of imidazole rings is 1. The molecular weight excluding hydrogens is 412 g/mol. The molecule has 0 unspecified atom stereocenters. The van der Waals surface area contributed by atoms with Crippen LogP contribution in [-0.4, -0.2) is 30.5 Å². The molecule has 3 N–H and O–H groups in total. The van der Waals surface area contributed by atoms with E-state index in [4.69, 9.17) is 4.98 Å². The lowest BCUT2D eigenvalue weighted by Crippen LogP contribution is -2.00. The summed E-state index contributed by atoms with van der Waals surface area (Å²) in [5.74, 6) is -0.206. The van der Waals surface area contributed by atoms with Gasteiger partial charge in [0.2, 0.25) is 0 Å². The first-order chi connectivity index (χ1) is 15.0. The smallest absolute Gasteiger partial charge is 0.194 e. The van der Waals surface area contributed by atoms with E-state index in [2.05, 4.69) is 0 Å². The van der Waals surface area contributed by atoms with E-state index in [0.29, 0.717) is 16.7 Å². The summed E-state index contributed by atoms with van der Waals surface area (Å²) >= 11 is 1.57. The van der Waals surface area contributed by atoms with Crippen molar-refractivity contribution in [2.75, 3.05) is 0 Å². The lowest BCUT2D eigenvalue weighted by molar-refractivity contribution is 0.104. The summed E-state index contributed by atoms with van der Waals surface area (Å²) in [4.78, 5) is 19.5. The van der Waals surface area contributed by atoms with Crippen LogP contribution in [0, 0.1) is 6.92 Å². The van der Waals surface area contributed by atoms with E-state index in [1.807, 2.05) is 41.8 Å². The monoisotopic (exact) mass is 434 g/mol. The molecule has 2 heterocycles. The third-order valence-electron chi connectivity index (χ3n) is 5.11. The molecule has 0 bridgehead atoms. The van der Waals surface area contributed by atoms with Crippen LogP contribution in [0.1, 0.15) is 37.6 Å². The fraction of sp³-hybridized carbons (Fsp3) is 0.167. The minimum absolute atomic E-state index is 0.0239. The summed E-state index contributed by atoms with van der Waals surface area (Å²) in [7, 11) is 0. The molecule has 158 valence electrons. The van der Waals surface area contributed by atoms with Crippen LogP contribution in [0.3, 0.4) is 0 Å². The fourth-order valence-electron chi connectivity index (χ4n) is 3.44. The molecule has 7 heteroatoms. The van der Waals surface area contributed by atoms with E-state index in [1.54, 1.807) is 35.6 Å². The molecule has 31 heavy (non-hydrogen) atoms. The van der Waals surface area contributed by atoms with Crippen LogP contribution in [-0.2, 0) is 19.8 Å². The number of allylic oxidation sites excluding steroid dienone is 1. The second-order valence-electron chi connectivity index (χ2n) is 7.19. The number of aliphatic hydroxyl groups is 3. The third-order valence-corrected chi connectivity index (χ3v) is 6.01. The molecule has 6 nitrogen and oxygen atoms in total. The number of aryl methyl sites for hydroxylation is 1. The molecule has 0 aliphatic rings. The lowest BCUT2D eigenvalue weighted by atomic mass is 10.0. The maximum absolute atomic E-state index is 12.8. The largest absolute Gasteiger partial charge is 0.392 e. The van der Waals surface area contributed by atoms with Crippen LogP contribution in [0.2, 0.25) is 0 Å². The molecule has 0 aliphatic carbocycles. The average Bonchev–Trinajstić information content (AvgIpc) is 3.32. The number of benzene rings is 2. The number of carbonyl (C=O) groups is 1. The van der Waals surface area contributed by atoms with Gasteiger partial charge in [0.05, 0.1) is 31.2 Å². The lowest BCUT2D eigenvalue weighted by Gasteiger charge is -2.06. The molecule has 0 spiro atoms. The van der Waals surface area contributed by atoms with Crippen molar-refractivity contribution >= 4 is 28.2 Å². The van der Waals surface area contributed by atoms with Crippen LogP contribution in [0.25, 0.3) is 22.3 Å². The number of rotatable bonds is 7. The van der Waals surface area contributed by atoms with Crippen molar-refractivity contribution in [3.63, 3.8) is 0 Å². The van der Waals surface area contributed by atoms with Gasteiger partial charge in [-0.2, -0.15) is 0 Å². The van der Waals surface area contributed by atoms with Gasteiger partial charge in [0.1, 0.15) is 0 Å². The topological polar surface area (TPSA) is 95.1 Å². The zero-order valence-corrected chi connectivity index (χ0v) is 17.8. The molecule has 4 aromatic rings. The molecule has 0 aliphatic heterocycles. The molecular formula is C24H22N2O4S. The maximum Gasteiger partial charge on any atom is 0.194 e. The highest BCUT2D eigenvalue weighted by Gasteiger charge is 2.15. The van der Waals surface area contributed by atoms with Crippen molar-refractivity contribution in [2.45, 2.75) is 26.7 Å². The minimum Gasteiger partial charge on any atom is -0.392 e. The predicted molar refractivity (Wildman–Crippen MR) is 121 cm³/mol. The number of carbonyl (C=O) groups excluding carboxylic acids is 1. The first-order valence-corrected chi connectivity index (χ1v) is 10.6. The Morgan fingerprint density at radius 2 is 1.77 bits per heavy atom. The van der Waals surface area contributed by atoms with Crippen molar-refractivity contribution in [3.05, 3.63) is 87.6 Å². The van der Waals surface area contributed by atoms with Crippen LogP contribution in [0.4, 0.5) is 0 Å². The molecule has 4 rings (SSSR count). The highest BCUT2D eigenvalue weighted by Crippen LogP contribution is 2.29. The third kappa shape index (κ3) is 4.22. The number of nitrogens with zero attached hydrogens (tertiary/aromatic N) is 2. The van der Waals surface area contributed by atoms with Crippen LogP contribution in [0.5, 0.6) is 0 Å². The van der Waals surface area contributed by atoms with Crippen LogP contribution in [0.15, 0.2) is 54.7 Å². The predicted octanol–water partition coefficient (Wildman–Crippen LogP) is 3.74. The molecule has 0 fully saturated rings. The van der Waals surface area contributed by atoms with E-state index < -0.39 is 0 Å². The summed E-state index contributed by atoms with van der Waals surface area (Å²) in [6.45, 7) is 1.55. The molecule has 0 radical (unpaired) electrons. The standard InChI is InChI=1S/C24H22N2O4S/c1-15-11-26-21(8-9-22(30)18-6-7-19(13-28)20(10-18)14-29)23(25-24(26)31-15)17-4-2-16(12-27)3-5-17/h2-11,27-29H,12-14H2,1H3. The fourth-order valence-corrected chi connectivity index (χ4v) is 4.28. The Labute approximate surface area is 183 Å². The Bertz CT molecular complexity index is 1270. The molecule has 2 aromatic heterocycles. The summed E-state index contributed by atoms with van der Waals surface area (Å²) in [5, 5.41) is 28.1. The van der Waals surface area contributed by atoms with Gasteiger partial charge in [0.15, 0.2) is 10.7 Å². The molecule has 0 saturated carbocycles. The van der Waals surface area contributed by atoms with E-state index in [1.165, 1.54) is 6.08 Å². The molecule has 0 atom stereocenters. The van der Waals surface area contributed by atoms with Gasteiger partial charge in [-0.15, -0.1) is 11.3 Å². The van der Waals surface area contributed by atoms with E-state index in [0.717, 1.165) is 32.4 Å². The normalized spacial score (nSPS) is 11.6. The second-order valence-corrected chi connectivity index (χ2v) is 8.41. The van der Waals surface area contributed by atoms with Crippen molar-refractivity contribution in [3.8, 4) is 11.3 Å². The second kappa shape index (κ2) is 8.95. The number of aromatic nitrogens is 2. The number of thiazole rings is 1. The van der Waals surface area contributed by atoms with E-state index in [-0.39, 0.29) is 25.6 Å². The Morgan fingerprint density at radius 3 is 2.45 bits per heavy atom. The van der Waals surface area contributed by atoms with Gasteiger partial charge in [0, 0.05) is 22.2 Å². The highest BCUT2D eigenvalue weighted by atomic mass is 32.1. The van der Waals surface area contributed by atoms with Gasteiger partial charge in [0.25, 0.3) is 0 Å². The minimum atomic E-state index is -0.244. The number of hydrogen-bond acceptors (Lipinski definition) is 6. The Balaban J connectivity index is 1.73. The maximum atomic E-state index is 12.8. The van der Waals surface area contributed by atoms with Gasteiger partial charge in [-0.1, -0.05) is 36.4 Å². The van der Waals surface area contributed by atoms with Crippen molar-refractivity contribution in [1.82, 2.24) is 9.38 Å². The summed E-state index contributed by atoms with van der Waals surface area (Å²) in [6.07, 6.45) is 5.24. The number of fused-ring (bicyclic) bond motifs is 1. The molecule has 0 amide bonds. The van der Waals surface area contributed by atoms with E-state index >= 15 is 0 Å². The summed E-state index contributed by atoms with van der Waals surface area (Å²) in [6, 6.07) is 12.4. The first kappa shape index (κ1) is 21.1. The van der Waals surface area contributed by atoms with Gasteiger partial charge < -0.3 is 15.3 Å². The number of aliphatic hydroxyl groups excluding tert-OH is 3. The van der Waals surface area contributed by atoms with Crippen molar-refractivity contribution in [2.24, 2.45) is 0 Å². The van der Waals surface area contributed by atoms with Gasteiger partial charge in [-0.25, -0.2) is 4.98 Å². The van der Waals surface area contributed by atoms with Crippen molar-refractivity contribution in [1.29, 1.82) is 0 Å². The highest BCUT2D eigenvalue weighted by molar-refractivity contribution is 7.17. The molecule has 2 aromatic carbocycles. The zero-order chi connectivity index (χ0) is 22.0. The van der Waals surface area contributed by atoms with Gasteiger partial charge in [-0.05, 0) is 41.8 Å². The van der Waals surface area contributed by atoms with Gasteiger partial charge in [-0.3, -0.25) is 9.20 Å². The Hall–Kier alpha value is -3.10. The SMILES string of the molecule is Cc1cn2c(C=CC(=O)c3ccc(CO)c(CO)c3)c(-c3ccc(CO)cc3)nc2s1. The van der Waals surface area contributed by atoms with Gasteiger partial charge >= 0.3 is 0 Å². The average molecular weight is 435 g/mol. The molecule has 0 saturated heterocycles. The number of hydrogen-bond donors (Lipinski definition) is 3. The van der Waals surface area contributed by atoms with Crippen molar-refractivity contribution < 1.29 is 20.1 Å². The quantitative estimate of drug-likeness (QED) is 0.304.